The molecule has 1 atom stereocenters. The van der Waals surface area contributed by atoms with Gasteiger partial charge in [0.1, 0.15) is 5.82 Å². The van der Waals surface area contributed by atoms with Crippen molar-refractivity contribution < 1.29 is 19.5 Å². The lowest BCUT2D eigenvalue weighted by molar-refractivity contribution is -0.137. The molecule has 0 saturated heterocycles. The highest BCUT2D eigenvalue weighted by molar-refractivity contribution is 6.04. The van der Waals surface area contributed by atoms with Crippen LogP contribution in [0.15, 0.2) is 84.9 Å². The summed E-state index contributed by atoms with van der Waals surface area (Å²) >= 11 is 0. The van der Waals surface area contributed by atoms with Gasteiger partial charge in [-0.05, 0) is 49.2 Å². The fraction of sp³-hybridized carbons (Fsp3) is 0.143. The van der Waals surface area contributed by atoms with Crippen LogP contribution in [0.2, 0.25) is 0 Å². The number of carboxylic acids is 1. The molecule has 182 valence electrons. The molecule has 0 fully saturated rings. The van der Waals surface area contributed by atoms with E-state index in [1.807, 2.05) is 56.3 Å². The number of nitrogens with zero attached hydrogens (tertiary/aromatic N) is 2. The number of aromatic nitrogens is 2. The average Bonchev–Trinajstić information content (AvgIpc) is 3.28. The van der Waals surface area contributed by atoms with E-state index in [4.69, 9.17) is 0 Å². The van der Waals surface area contributed by atoms with Gasteiger partial charge in [-0.2, -0.15) is 5.10 Å². The fourth-order valence-corrected chi connectivity index (χ4v) is 3.99. The lowest BCUT2D eigenvalue weighted by Gasteiger charge is -2.19. The SMILES string of the molecule is Cc1ccc(C(CC(=O)O)NC(=O)c2cc(NC(=O)c3ccccc3)n(-c3ccccc3)n2)c(C)c1. The number of nitrogens with one attached hydrogen (secondary N) is 2. The van der Waals surface area contributed by atoms with Gasteiger partial charge in [-0.15, -0.1) is 0 Å². The van der Waals surface area contributed by atoms with Crippen LogP contribution in [0, 0.1) is 13.8 Å². The summed E-state index contributed by atoms with van der Waals surface area (Å²) in [6.45, 7) is 3.83. The molecule has 0 aliphatic rings. The van der Waals surface area contributed by atoms with Gasteiger partial charge < -0.3 is 15.7 Å². The predicted molar refractivity (Wildman–Crippen MR) is 136 cm³/mol. The van der Waals surface area contributed by atoms with Crippen molar-refractivity contribution in [1.29, 1.82) is 0 Å². The molecule has 8 heteroatoms. The van der Waals surface area contributed by atoms with Crippen LogP contribution >= 0.6 is 0 Å². The first kappa shape index (κ1) is 24.4. The van der Waals surface area contributed by atoms with Gasteiger partial charge in [0, 0.05) is 11.6 Å². The van der Waals surface area contributed by atoms with E-state index in [1.54, 1.807) is 36.4 Å². The Labute approximate surface area is 208 Å². The first-order chi connectivity index (χ1) is 17.3. The molecule has 3 N–H and O–H groups in total. The standard InChI is InChI=1S/C28H26N4O4/c1-18-13-14-22(19(2)15-18)23(17-26(33)34)29-28(36)24-16-25(30-27(35)20-9-5-3-6-10-20)32(31-24)21-11-7-4-8-12-21/h3-16,23H,17H2,1-2H3,(H,29,36)(H,30,35)(H,33,34). The molecule has 0 radical (unpaired) electrons. The smallest absolute Gasteiger partial charge is 0.305 e. The summed E-state index contributed by atoms with van der Waals surface area (Å²) in [5, 5.41) is 19.5. The Morgan fingerprint density at radius 2 is 1.56 bits per heavy atom. The highest BCUT2D eigenvalue weighted by Gasteiger charge is 2.24. The topological polar surface area (TPSA) is 113 Å². The summed E-state index contributed by atoms with van der Waals surface area (Å²) in [5.41, 5.74) is 3.79. The van der Waals surface area contributed by atoms with Crippen molar-refractivity contribution in [2.45, 2.75) is 26.3 Å². The summed E-state index contributed by atoms with van der Waals surface area (Å²) < 4.78 is 1.47. The van der Waals surface area contributed by atoms with Gasteiger partial charge in [0.05, 0.1) is 18.2 Å². The van der Waals surface area contributed by atoms with E-state index in [-0.39, 0.29) is 18.0 Å². The maximum Gasteiger partial charge on any atom is 0.305 e. The Balaban J connectivity index is 1.66. The van der Waals surface area contributed by atoms with Crippen LogP contribution in [0.3, 0.4) is 0 Å². The van der Waals surface area contributed by atoms with Gasteiger partial charge >= 0.3 is 5.97 Å². The van der Waals surface area contributed by atoms with Crippen LogP contribution in [0.1, 0.15) is 50.0 Å². The van der Waals surface area contributed by atoms with Gasteiger partial charge in [-0.3, -0.25) is 14.4 Å². The molecule has 3 aromatic carbocycles. The fourth-order valence-electron chi connectivity index (χ4n) is 3.99. The zero-order chi connectivity index (χ0) is 25.7. The average molecular weight is 483 g/mol. The van der Waals surface area contributed by atoms with Crippen molar-refractivity contribution in [3.8, 4) is 5.69 Å². The first-order valence-corrected chi connectivity index (χ1v) is 11.4. The van der Waals surface area contributed by atoms with Crippen LogP contribution in [0.5, 0.6) is 0 Å². The van der Waals surface area contributed by atoms with Crippen molar-refractivity contribution >= 4 is 23.6 Å². The van der Waals surface area contributed by atoms with Crippen LogP contribution in [0.4, 0.5) is 5.82 Å². The quantitative estimate of drug-likeness (QED) is 0.337. The third-order valence-corrected chi connectivity index (χ3v) is 5.71. The minimum atomic E-state index is -1.04. The van der Waals surface area contributed by atoms with E-state index in [0.717, 1.165) is 16.7 Å². The third-order valence-electron chi connectivity index (χ3n) is 5.71. The minimum Gasteiger partial charge on any atom is -0.481 e. The normalized spacial score (nSPS) is 11.5. The second-order valence-corrected chi connectivity index (χ2v) is 8.47. The van der Waals surface area contributed by atoms with Crippen molar-refractivity contribution in [2.75, 3.05) is 5.32 Å². The molecule has 2 amide bonds. The third kappa shape index (κ3) is 5.67. The molecule has 36 heavy (non-hydrogen) atoms. The molecule has 0 aliphatic heterocycles. The number of para-hydroxylation sites is 1. The number of carbonyl (C=O) groups is 3. The molecule has 0 spiro atoms. The van der Waals surface area contributed by atoms with Crippen LogP contribution in [-0.2, 0) is 4.79 Å². The predicted octanol–water partition coefficient (Wildman–Crippen LogP) is 4.69. The molecule has 0 bridgehead atoms. The number of benzene rings is 3. The maximum atomic E-state index is 13.2. The van der Waals surface area contributed by atoms with E-state index in [9.17, 15) is 19.5 Å². The molecule has 8 nitrogen and oxygen atoms in total. The zero-order valence-electron chi connectivity index (χ0n) is 19.9. The number of aryl methyl sites for hydroxylation is 2. The maximum absolute atomic E-state index is 13.2. The van der Waals surface area contributed by atoms with Gasteiger partial charge in [0.2, 0.25) is 0 Å². The molecular weight excluding hydrogens is 456 g/mol. The molecule has 1 aromatic heterocycles. The Hall–Kier alpha value is -4.72. The highest BCUT2D eigenvalue weighted by atomic mass is 16.4. The monoisotopic (exact) mass is 482 g/mol. The second kappa shape index (κ2) is 10.7. The number of anilines is 1. The van der Waals surface area contributed by atoms with Gasteiger partial charge in [-0.1, -0.05) is 60.2 Å². The van der Waals surface area contributed by atoms with Crippen molar-refractivity contribution in [1.82, 2.24) is 15.1 Å². The van der Waals surface area contributed by atoms with E-state index in [1.165, 1.54) is 10.7 Å². The summed E-state index contributed by atoms with van der Waals surface area (Å²) in [5.74, 6) is -1.63. The van der Waals surface area contributed by atoms with E-state index in [2.05, 4.69) is 15.7 Å². The number of carbonyl (C=O) groups excluding carboxylic acids is 2. The van der Waals surface area contributed by atoms with Crippen molar-refractivity contribution in [3.05, 3.63) is 113 Å². The Bertz CT molecular complexity index is 1400. The van der Waals surface area contributed by atoms with Gasteiger partial charge in [0.15, 0.2) is 5.69 Å². The molecule has 1 heterocycles. The minimum absolute atomic E-state index is 0.0439. The molecular formula is C28H26N4O4. The number of amides is 2. The number of hydrogen-bond donors (Lipinski definition) is 3. The van der Waals surface area contributed by atoms with Gasteiger partial charge in [-0.25, -0.2) is 4.68 Å². The number of aliphatic carboxylic acids is 1. The van der Waals surface area contributed by atoms with Gasteiger partial charge in [0.25, 0.3) is 11.8 Å². The molecule has 0 saturated carbocycles. The summed E-state index contributed by atoms with van der Waals surface area (Å²) in [6, 6.07) is 24.2. The highest BCUT2D eigenvalue weighted by Crippen LogP contribution is 2.24. The Morgan fingerprint density at radius 1 is 0.889 bits per heavy atom. The van der Waals surface area contributed by atoms with E-state index < -0.39 is 17.9 Å². The molecule has 4 rings (SSSR count). The number of rotatable bonds is 8. The number of carboxylic acid groups (broad SMARTS) is 1. The second-order valence-electron chi connectivity index (χ2n) is 8.47. The van der Waals surface area contributed by atoms with Crippen LogP contribution in [0.25, 0.3) is 5.69 Å². The lowest BCUT2D eigenvalue weighted by atomic mass is 9.97. The Kier molecular flexibility index (Phi) is 7.25. The van der Waals surface area contributed by atoms with Crippen molar-refractivity contribution in [2.24, 2.45) is 0 Å². The van der Waals surface area contributed by atoms with Crippen LogP contribution < -0.4 is 10.6 Å². The summed E-state index contributed by atoms with van der Waals surface area (Å²) in [4.78, 5) is 37.6. The van der Waals surface area contributed by atoms with Crippen LogP contribution in [-0.4, -0.2) is 32.7 Å². The molecule has 0 aliphatic carbocycles. The molecule has 4 aromatic rings. The first-order valence-electron chi connectivity index (χ1n) is 11.4. The van der Waals surface area contributed by atoms with E-state index >= 15 is 0 Å². The van der Waals surface area contributed by atoms with Crippen molar-refractivity contribution in [3.63, 3.8) is 0 Å². The zero-order valence-corrected chi connectivity index (χ0v) is 19.9. The number of hydrogen-bond acceptors (Lipinski definition) is 4. The molecule has 1 unspecified atom stereocenters. The summed E-state index contributed by atoms with van der Waals surface area (Å²) in [7, 11) is 0. The summed E-state index contributed by atoms with van der Waals surface area (Å²) in [6.07, 6.45) is -0.285. The Morgan fingerprint density at radius 3 is 2.19 bits per heavy atom. The van der Waals surface area contributed by atoms with E-state index in [0.29, 0.717) is 17.1 Å². The lowest BCUT2D eigenvalue weighted by Crippen LogP contribution is -2.31. The largest absolute Gasteiger partial charge is 0.481 e.